The monoisotopic (exact) mass is 330 g/mol. The second-order valence-electron chi connectivity index (χ2n) is 6.66. The third-order valence-corrected chi connectivity index (χ3v) is 5.42. The van der Waals surface area contributed by atoms with Crippen molar-refractivity contribution in [1.82, 2.24) is 9.80 Å². The molecule has 1 unspecified atom stereocenters. The number of halogens is 1. The predicted molar refractivity (Wildman–Crippen MR) is 87.0 cm³/mol. The Hall–Kier alpha value is 0.400. The number of rotatable bonds is 7. The maximum Gasteiger partial charge on any atom is 0.00338 e. The van der Waals surface area contributed by atoms with Crippen molar-refractivity contribution in [2.45, 2.75) is 45.4 Å². The molecule has 19 heavy (non-hydrogen) atoms. The zero-order chi connectivity index (χ0) is 13.5. The second kappa shape index (κ2) is 8.63. The lowest BCUT2D eigenvalue weighted by Gasteiger charge is -2.34. The standard InChI is InChI=1S/C16H31BrN2/c1-15(4-8-17)5-11-18-12-6-16(7-13-18)14-19-9-2-3-10-19/h15-16H,2-14H2,1H3. The number of hydrogen-bond donors (Lipinski definition) is 0. The van der Waals surface area contributed by atoms with Gasteiger partial charge in [-0.3, -0.25) is 0 Å². The van der Waals surface area contributed by atoms with Crippen LogP contribution in [0.3, 0.4) is 0 Å². The van der Waals surface area contributed by atoms with E-state index in [0.29, 0.717) is 0 Å². The number of hydrogen-bond acceptors (Lipinski definition) is 2. The maximum atomic E-state index is 3.55. The Balaban J connectivity index is 1.56. The quantitative estimate of drug-likeness (QED) is 0.658. The van der Waals surface area contributed by atoms with Gasteiger partial charge in [0.15, 0.2) is 0 Å². The molecule has 0 aromatic carbocycles. The molecule has 0 aromatic rings. The molecule has 112 valence electrons. The van der Waals surface area contributed by atoms with Crippen molar-refractivity contribution in [3.8, 4) is 0 Å². The minimum absolute atomic E-state index is 0.877. The molecule has 2 heterocycles. The summed E-state index contributed by atoms with van der Waals surface area (Å²) < 4.78 is 0. The first-order valence-corrected chi connectivity index (χ1v) is 9.40. The van der Waals surface area contributed by atoms with Gasteiger partial charge in [-0.25, -0.2) is 0 Å². The SMILES string of the molecule is CC(CCBr)CCN1CCC(CN2CCCC2)CC1. The van der Waals surface area contributed by atoms with Crippen molar-refractivity contribution >= 4 is 15.9 Å². The van der Waals surface area contributed by atoms with Crippen molar-refractivity contribution in [2.24, 2.45) is 11.8 Å². The molecule has 0 aliphatic carbocycles. The first-order valence-electron chi connectivity index (χ1n) is 8.28. The Labute approximate surface area is 128 Å². The molecule has 2 fully saturated rings. The first-order chi connectivity index (χ1) is 9.28. The largest absolute Gasteiger partial charge is 0.303 e. The fourth-order valence-corrected chi connectivity index (χ4v) is 4.24. The summed E-state index contributed by atoms with van der Waals surface area (Å²) in [5.41, 5.74) is 0. The van der Waals surface area contributed by atoms with E-state index in [9.17, 15) is 0 Å². The van der Waals surface area contributed by atoms with Gasteiger partial charge in [0.2, 0.25) is 0 Å². The van der Waals surface area contributed by atoms with E-state index in [0.717, 1.165) is 17.2 Å². The van der Waals surface area contributed by atoms with Crippen molar-refractivity contribution in [3.05, 3.63) is 0 Å². The summed E-state index contributed by atoms with van der Waals surface area (Å²) in [7, 11) is 0. The van der Waals surface area contributed by atoms with Crippen LogP contribution in [0.5, 0.6) is 0 Å². The molecule has 2 aliphatic rings. The van der Waals surface area contributed by atoms with Gasteiger partial charge in [-0.1, -0.05) is 22.9 Å². The molecule has 3 heteroatoms. The second-order valence-corrected chi connectivity index (χ2v) is 7.46. The Kier molecular flexibility index (Phi) is 7.17. The number of nitrogens with zero attached hydrogens (tertiary/aromatic N) is 2. The highest BCUT2D eigenvalue weighted by Crippen LogP contribution is 2.21. The smallest absolute Gasteiger partial charge is 0.00338 e. The van der Waals surface area contributed by atoms with Crippen LogP contribution in [0.25, 0.3) is 0 Å². The van der Waals surface area contributed by atoms with Gasteiger partial charge < -0.3 is 9.80 Å². The van der Waals surface area contributed by atoms with Gasteiger partial charge >= 0.3 is 0 Å². The van der Waals surface area contributed by atoms with Crippen molar-refractivity contribution in [1.29, 1.82) is 0 Å². The van der Waals surface area contributed by atoms with Crippen LogP contribution in [-0.2, 0) is 0 Å². The normalized spacial score (nSPS) is 24.9. The van der Waals surface area contributed by atoms with Crippen molar-refractivity contribution in [3.63, 3.8) is 0 Å². The molecule has 2 saturated heterocycles. The average Bonchev–Trinajstić information content (AvgIpc) is 2.91. The van der Waals surface area contributed by atoms with E-state index in [1.165, 1.54) is 77.8 Å². The summed E-state index contributed by atoms with van der Waals surface area (Å²) in [4.78, 5) is 5.39. The molecule has 0 spiro atoms. The van der Waals surface area contributed by atoms with Crippen LogP contribution in [0, 0.1) is 11.8 Å². The molecular formula is C16H31BrN2. The molecule has 0 saturated carbocycles. The van der Waals surface area contributed by atoms with Gasteiger partial charge in [-0.2, -0.15) is 0 Å². The minimum Gasteiger partial charge on any atom is -0.303 e. The Bertz CT molecular complexity index is 233. The topological polar surface area (TPSA) is 6.48 Å². The zero-order valence-corrected chi connectivity index (χ0v) is 14.2. The maximum absolute atomic E-state index is 3.55. The minimum atomic E-state index is 0.877. The molecule has 2 aliphatic heterocycles. The van der Waals surface area contributed by atoms with Gasteiger partial charge in [0, 0.05) is 11.9 Å². The van der Waals surface area contributed by atoms with Crippen molar-refractivity contribution < 1.29 is 0 Å². The van der Waals surface area contributed by atoms with E-state index in [2.05, 4.69) is 32.7 Å². The average molecular weight is 331 g/mol. The molecular weight excluding hydrogens is 300 g/mol. The highest BCUT2D eigenvalue weighted by molar-refractivity contribution is 9.09. The molecule has 0 radical (unpaired) electrons. The summed E-state index contributed by atoms with van der Waals surface area (Å²) in [5, 5.41) is 1.16. The lowest BCUT2D eigenvalue weighted by Crippen LogP contribution is -2.38. The van der Waals surface area contributed by atoms with Crippen molar-refractivity contribution in [2.75, 3.05) is 44.6 Å². The van der Waals surface area contributed by atoms with Crippen LogP contribution in [0.15, 0.2) is 0 Å². The van der Waals surface area contributed by atoms with E-state index in [1.807, 2.05) is 0 Å². The molecule has 0 N–H and O–H groups in total. The van der Waals surface area contributed by atoms with Crippen LogP contribution in [-0.4, -0.2) is 54.4 Å². The van der Waals surface area contributed by atoms with E-state index < -0.39 is 0 Å². The van der Waals surface area contributed by atoms with E-state index >= 15 is 0 Å². The fourth-order valence-electron chi connectivity index (χ4n) is 3.46. The summed E-state index contributed by atoms with van der Waals surface area (Å²) in [5.74, 6) is 1.86. The van der Waals surface area contributed by atoms with Gasteiger partial charge in [-0.05, 0) is 83.1 Å². The zero-order valence-electron chi connectivity index (χ0n) is 12.6. The molecule has 0 aromatic heterocycles. The number of alkyl halides is 1. The van der Waals surface area contributed by atoms with E-state index in [1.54, 1.807) is 0 Å². The van der Waals surface area contributed by atoms with Gasteiger partial charge in [0.05, 0.1) is 0 Å². The van der Waals surface area contributed by atoms with Crippen LogP contribution in [0.2, 0.25) is 0 Å². The van der Waals surface area contributed by atoms with E-state index in [4.69, 9.17) is 0 Å². The number of likely N-dealkylation sites (tertiary alicyclic amines) is 2. The highest BCUT2D eigenvalue weighted by atomic mass is 79.9. The number of piperidine rings is 1. The Morgan fingerprint density at radius 2 is 1.68 bits per heavy atom. The summed E-state index contributed by atoms with van der Waals surface area (Å²) >= 11 is 3.55. The van der Waals surface area contributed by atoms with E-state index in [-0.39, 0.29) is 0 Å². The summed E-state index contributed by atoms with van der Waals surface area (Å²) in [6.07, 6.45) is 8.44. The Morgan fingerprint density at radius 3 is 2.32 bits per heavy atom. The Morgan fingerprint density at radius 1 is 1.00 bits per heavy atom. The fraction of sp³-hybridized carbons (Fsp3) is 1.00. The highest BCUT2D eigenvalue weighted by Gasteiger charge is 2.22. The third-order valence-electron chi connectivity index (χ3n) is 4.96. The summed E-state index contributed by atoms with van der Waals surface area (Å²) in [6.45, 7) is 10.5. The molecule has 1 atom stereocenters. The molecule has 2 rings (SSSR count). The predicted octanol–water partition coefficient (Wildman–Crippen LogP) is 3.61. The van der Waals surface area contributed by atoms with Crippen LogP contribution < -0.4 is 0 Å². The third kappa shape index (κ3) is 5.73. The van der Waals surface area contributed by atoms with Gasteiger partial charge in [0.25, 0.3) is 0 Å². The molecule has 0 bridgehead atoms. The van der Waals surface area contributed by atoms with Crippen LogP contribution in [0.1, 0.15) is 45.4 Å². The lowest BCUT2D eigenvalue weighted by molar-refractivity contribution is 0.148. The first kappa shape index (κ1) is 15.8. The van der Waals surface area contributed by atoms with Gasteiger partial charge in [-0.15, -0.1) is 0 Å². The molecule has 2 nitrogen and oxygen atoms in total. The molecule has 0 amide bonds. The van der Waals surface area contributed by atoms with Crippen LogP contribution >= 0.6 is 15.9 Å². The summed E-state index contributed by atoms with van der Waals surface area (Å²) in [6, 6.07) is 0. The van der Waals surface area contributed by atoms with Gasteiger partial charge in [0.1, 0.15) is 0 Å². The lowest BCUT2D eigenvalue weighted by atomic mass is 9.95. The van der Waals surface area contributed by atoms with Crippen LogP contribution in [0.4, 0.5) is 0 Å².